The molecular weight excluding hydrogens is 301 g/mol. The van der Waals surface area contributed by atoms with Gasteiger partial charge in [-0.25, -0.2) is 0 Å². The Labute approximate surface area is 124 Å². The van der Waals surface area contributed by atoms with E-state index >= 15 is 0 Å². The van der Waals surface area contributed by atoms with Crippen molar-refractivity contribution >= 4 is 11.8 Å². The molecule has 0 aliphatic carbocycles. The van der Waals surface area contributed by atoms with Gasteiger partial charge in [0.05, 0.1) is 0 Å². The number of hydrogen-bond donors (Lipinski definition) is 0. The Morgan fingerprint density at radius 1 is 1.14 bits per heavy atom. The van der Waals surface area contributed by atoms with Crippen LogP contribution in [0.1, 0.15) is 29.3 Å². The molecule has 21 heavy (non-hydrogen) atoms. The average molecular weight is 316 g/mol. The molecule has 0 saturated carbocycles. The molecule has 0 unspecified atom stereocenters. The van der Waals surface area contributed by atoms with E-state index in [1.54, 1.807) is 11.8 Å². The van der Waals surface area contributed by atoms with Gasteiger partial charge in [-0.15, -0.1) is 22.0 Å². The second-order valence-corrected chi connectivity index (χ2v) is 5.87. The molecule has 0 atom stereocenters. The maximum atomic E-state index is 12.3. The number of alkyl halides is 3. The molecule has 0 fully saturated rings. The number of halogens is 3. The largest absolute Gasteiger partial charge is 0.470 e. The molecule has 0 aliphatic heterocycles. The van der Waals surface area contributed by atoms with Crippen LogP contribution in [0.15, 0.2) is 27.5 Å². The van der Waals surface area contributed by atoms with Crippen molar-refractivity contribution in [3.63, 3.8) is 0 Å². The van der Waals surface area contributed by atoms with Crippen LogP contribution >= 0.6 is 11.8 Å². The number of aryl methyl sites for hydroxylation is 3. The van der Waals surface area contributed by atoms with Crippen LogP contribution in [0.4, 0.5) is 13.2 Å². The molecule has 0 bridgehead atoms. The van der Waals surface area contributed by atoms with E-state index in [4.69, 9.17) is 0 Å². The first kappa shape index (κ1) is 15.9. The van der Waals surface area contributed by atoms with Gasteiger partial charge in [-0.05, 0) is 49.3 Å². The van der Waals surface area contributed by atoms with Crippen LogP contribution in [0, 0.1) is 13.8 Å². The zero-order valence-electron chi connectivity index (χ0n) is 11.7. The summed E-state index contributed by atoms with van der Waals surface area (Å²) in [4.78, 5) is 1.15. The minimum atomic E-state index is -4.57. The van der Waals surface area contributed by atoms with Gasteiger partial charge in [0, 0.05) is 11.3 Å². The molecule has 1 heterocycles. The smallest absolute Gasteiger partial charge is 0.417 e. The summed E-state index contributed by atoms with van der Waals surface area (Å²) in [5.74, 6) is -0.464. The fourth-order valence-corrected chi connectivity index (χ4v) is 2.64. The van der Waals surface area contributed by atoms with Gasteiger partial charge >= 0.3 is 12.1 Å². The van der Waals surface area contributed by atoms with Gasteiger partial charge in [-0.2, -0.15) is 13.2 Å². The van der Waals surface area contributed by atoms with E-state index in [1.165, 1.54) is 11.1 Å². The summed E-state index contributed by atoms with van der Waals surface area (Å²) in [6.07, 6.45) is -3.54. The number of aromatic nitrogens is 2. The number of nitrogens with zero attached hydrogens (tertiary/aromatic N) is 2. The van der Waals surface area contributed by atoms with Crippen LogP contribution < -0.4 is 0 Å². The highest BCUT2D eigenvalue weighted by Gasteiger charge is 2.37. The Kier molecular flexibility index (Phi) is 4.92. The molecule has 0 aliphatic rings. The summed E-state index contributed by atoms with van der Waals surface area (Å²) in [7, 11) is 0. The van der Waals surface area contributed by atoms with Gasteiger partial charge in [-0.3, -0.25) is 0 Å². The number of benzene rings is 1. The van der Waals surface area contributed by atoms with Crippen LogP contribution in [0.3, 0.4) is 0 Å². The molecule has 0 spiro atoms. The zero-order valence-corrected chi connectivity index (χ0v) is 12.5. The minimum absolute atomic E-state index is 0.0306. The van der Waals surface area contributed by atoms with E-state index in [9.17, 15) is 13.2 Å². The summed E-state index contributed by atoms with van der Waals surface area (Å²) in [5, 5.41) is 6.40. The van der Waals surface area contributed by atoms with E-state index in [2.05, 4.69) is 40.6 Å². The third-order valence-corrected chi connectivity index (χ3v) is 4.07. The average Bonchev–Trinajstić information content (AvgIpc) is 2.87. The Balaban J connectivity index is 1.79. The van der Waals surface area contributed by atoms with E-state index < -0.39 is 12.1 Å². The molecule has 2 rings (SSSR count). The molecule has 0 amide bonds. The lowest BCUT2D eigenvalue weighted by molar-refractivity contribution is -0.157. The predicted octanol–water partition coefficient (Wildman–Crippen LogP) is 4.43. The molecule has 2 aromatic rings. The summed E-state index contributed by atoms with van der Waals surface area (Å²) < 4.78 is 41.4. The predicted molar refractivity (Wildman–Crippen MR) is 74.3 cm³/mol. The third kappa shape index (κ3) is 4.49. The van der Waals surface area contributed by atoms with Gasteiger partial charge in [0.1, 0.15) is 0 Å². The van der Waals surface area contributed by atoms with Crippen molar-refractivity contribution in [2.75, 3.05) is 5.75 Å². The second-order valence-electron chi connectivity index (χ2n) is 4.70. The lowest BCUT2D eigenvalue weighted by atomic mass is 10.1. The standard InChI is InChI=1S/C14H15F3N2OS/c1-9-5-6-11(8-10(9)2)21-7-3-4-12-18-19-13(20-12)14(15,16)17/h5-6,8H,3-4,7H2,1-2H3. The highest BCUT2D eigenvalue weighted by atomic mass is 32.2. The van der Waals surface area contributed by atoms with Crippen molar-refractivity contribution in [2.45, 2.75) is 37.8 Å². The van der Waals surface area contributed by atoms with Crippen LogP contribution in [0.2, 0.25) is 0 Å². The molecule has 114 valence electrons. The molecule has 3 nitrogen and oxygen atoms in total. The van der Waals surface area contributed by atoms with Crippen LogP contribution in [-0.4, -0.2) is 16.0 Å². The number of hydrogen-bond acceptors (Lipinski definition) is 4. The SMILES string of the molecule is Cc1ccc(SCCCc2nnc(C(F)(F)F)o2)cc1C. The van der Waals surface area contributed by atoms with Gasteiger partial charge in [0.25, 0.3) is 0 Å². The molecule has 0 N–H and O–H groups in total. The maximum Gasteiger partial charge on any atom is 0.470 e. The van der Waals surface area contributed by atoms with Crippen molar-refractivity contribution in [3.8, 4) is 0 Å². The maximum absolute atomic E-state index is 12.3. The highest BCUT2D eigenvalue weighted by molar-refractivity contribution is 7.99. The second kappa shape index (κ2) is 6.51. The molecule has 0 saturated heterocycles. The number of thioether (sulfide) groups is 1. The van der Waals surface area contributed by atoms with E-state index in [0.29, 0.717) is 12.8 Å². The molecule has 1 aromatic heterocycles. The third-order valence-electron chi connectivity index (χ3n) is 2.99. The fraction of sp³-hybridized carbons (Fsp3) is 0.429. The van der Waals surface area contributed by atoms with Crippen LogP contribution in [-0.2, 0) is 12.6 Å². The van der Waals surface area contributed by atoms with Gasteiger partial charge in [-0.1, -0.05) is 6.07 Å². The molecule has 7 heteroatoms. The van der Waals surface area contributed by atoms with Gasteiger partial charge < -0.3 is 4.42 Å². The molecule has 0 radical (unpaired) electrons. The summed E-state index contributed by atoms with van der Waals surface area (Å²) in [5.41, 5.74) is 2.47. The first-order valence-electron chi connectivity index (χ1n) is 6.46. The van der Waals surface area contributed by atoms with Crippen LogP contribution in [0.5, 0.6) is 0 Å². The van der Waals surface area contributed by atoms with Crippen molar-refractivity contribution in [3.05, 3.63) is 41.1 Å². The van der Waals surface area contributed by atoms with Crippen molar-refractivity contribution < 1.29 is 17.6 Å². The normalized spacial score (nSPS) is 11.9. The Morgan fingerprint density at radius 3 is 2.52 bits per heavy atom. The van der Waals surface area contributed by atoms with Crippen molar-refractivity contribution in [2.24, 2.45) is 0 Å². The highest BCUT2D eigenvalue weighted by Crippen LogP contribution is 2.28. The Bertz CT molecular complexity index is 611. The quantitative estimate of drug-likeness (QED) is 0.604. The van der Waals surface area contributed by atoms with Crippen molar-refractivity contribution in [1.29, 1.82) is 0 Å². The van der Waals surface area contributed by atoms with Crippen LogP contribution in [0.25, 0.3) is 0 Å². The van der Waals surface area contributed by atoms with E-state index in [1.807, 2.05) is 6.07 Å². The summed E-state index contributed by atoms with van der Waals surface area (Å²) in [6.45, 7) is 4.11. The van der Waals surface area contributed by atoms with Gasteiger partial charge in [0.2, 0.25) is 5.89 Å². The topological polar surface area (TPSA) is 38.9 Å². The zero-order chi connectivity index (χ0) is 15.5. The Morgan fingerprint density at radius 2 is 1.90 bits per heavy atom. The summed E-state index contributed by atoms with van der Waals surface area (Å²) in [6, 6.07) is 6.21. The van der Waals surface area contributed by atoms with E-state index in [0.717, 1.165) is 10.6 Å². The minimum Gasteiger partial charge on any atom is -0.417 e. The lowest BCUT2D eigenvalue weighted by Crippen LogP contribution is -2.04. The molecule has 1 aromatic carbocycles. The first-order valence-corrected chi connectivity index (χ1v) is 7.44. The monoisotopic (exact) mass is 316 g/mol. The fourth-order valence-electron chi connectivity index (χ4n) is 1.69. The van der Waals surface area contributed by atoms with Gasteiger partial charge in [0.15, 0.2) is 0 Å². The Hall–Kier alpha value is -1.50. The number of rotatable bonds is 5. The summed E-state index contributed by atoms with van der Waals surface area (Å²) >= 11 is 1.66. The first-order chi connectivity index (χ1) is 9.86. The van der Waals surface area contributed by atoms with Crippen molar-refractivity contribution in [1.82, 2.24) is 10.2 Å². The molecular formula is C14H15F3N2OS. The lowest BCUT2D eigenvalue weighted by Gasteiger charge is -2.04. The van der Waals surface area contributed by atoms with E-state index in [-0.39, 0.29) is 5.89 Å².